The Labute approximate surface area is 126 Å². The number of unbranched alkanes of at least 4 members (excludes halogenated alkanes) is 1. The van der Waals surface area contributed by atoms with Crippen molar-refractivity contribution in [1.82, 2.24) is 0 Å². The Bertz CT molecular complexity index is 514. The standard InChI is InChI=1S/C17H25FN2O/c1-17(2,12-19)9-3-4-10-20-15-7-6-14(18)11-13(15)5-8-16(20)21/h6-7,11H,3-5,8-10,12,19H2,1-2H3. The quantitative estimate of drug-likeness (QED) is 0.818. The number of hydrogen-bond donors (Lipinski definition) is 1. The lowest BCUT2D eigenvalue weighted by Gasteiger charge is -2.30. The molecular formula is C17H25FN2O. The van der Waals surface area contributed by atoms with Crippen LogP contribution in [0.2, 0.25) is 0 Å². The number of amides is 1. The first kappa shape index (κ1) is 16.0. The van der Waals surface area contributed by atoms with Gasteiger partial charge in [0.2, 0.25) is 5.91 Å². The smallest absolute Gasteiger partial charge is 0.227 e. The summed E-state index contributed by atoms with van der Waals surface area (Å²) in [7, 11) is 0. The Hall–Kier alpha value is -1.42. The van der Waals surface area contributed by atoms with Crippen LogP contribution in [0.4, 0.5) is 10.1 Å². The third-order valence-corrected chi connectivity index (χ3v) is 4.28. The van der Waals surface area contributed by atoms with Crippen LogP contribution in [0.1, 0.15) is 45.1 Å². The maximum Gasteiger partial charge on any atom is 0.227 e. The Morgan fingerprint density at radius 3 is 2.76 bits per heavy atom. The molecule has 4 heteroatoms. The van der Waals surface area contributed by atoms with E-state index in [0.29, 0.717) is 25.9 Å². The predicted octanol–water partition coefficient (Wildman–Crippen LogP) is 3.26. The van der Waals surface area contributed by atoms with Crippen LogP contribution in [-0.4, -0.2) is 19.0 Å². The molecule has 0 aromatic heterocycles. The predicted molar refractivity (Wildman–Crippen MR) is 83.8 cm³/mol. The zero-order valence-corrected chi connectivity index (χ0v) is 13.0. The van der Waals surface area contributed by atoms with Crippen LogP contribution in [0.15, 0.2) is 18.2 Å². The van der Waals surface area contributed by atoms with Gasteiger partial charge >= 0.3 is 0 Å². The third-order valence-electron chi connectivity index (χ3n) is 4.28. The number of aryl methyl sites for hydroxylation is 1. The summed E-state index contributed by atoms with van der Waals surface area (Å²) >= 11 is 0. The molecule has 2 rings (SSSR count). The van der Waals surface area contributed by atoms with Crippen molar-refractivity contribution >= 4 is 11.6 Å². The minimum absolute atomic E-state index is 0.146. The normalized spacial score (nSPS) is 15.2. The molecule has 1 aliphatic heterocycles. The molecule has 1 aromatic rings. The van der Waals surface area contributed by atoms with Gasteiger partial charge in [-0.3, -0.25) is 4.79 Å². The number of fused-ring (bicyclic) bond motifs is 1. The van der Waals surface area contributed by atoms with Gasteiger partial charge in [-0.05, 0) is 55.0 Å². The summed E-state index contributed by atoms with van der Waals surface area (Å²) in [5.74, 6) is -0.0834. The van der Waals surface area contributed by atoms with Gasteiger partial charge in [-0.15, -0.1) is 0 Å². The topological polar surface area (TPSA) is 46.3 Å². The highest BCUT2D eigenvalue weighted by atomic mass is 19.1. The van der Waals surface area contributed by atoms with Crippen molar-refractivity contribution in [2.24, 2.45) is 11.1 Å². The van der Waals surface area contributed by atoms with Crippen LogP contribution in [0, 0.1) is 11.2 Å². The summed E-state index contributed by atoms with van der Waals surface area (Å²) in [6, 6.07) is 4.71. The summed E-state index contributed by atoms with van der Waals surface area (Å²) < 4.78 is 13.3. The van der Waals surface area contributed by atoms with Gasteiger partial charge in [-0.2, -0.15) is 0 Å². The van der Waals surface area contributed by atoms with E-state index >= 15 is 0 Å². The Balaban J connectivity index is 1.96. The molecule has 116 valence electrons. The number of nitrogens with zero attached hydrogens (tertiary/aromatic N) is 1. The number of anilines is 1. The van der Waals surface area contributed by atoms with E-state index in [2.05, 4.69) is 13.8 Å². The number of halogens is 1. The Morgan fingerprint density at radius 1 is 1.29 bits per heavy atom. The summed E-state index contributed by atoms with van der Waals surface area (Å²) in [4.78, 5) is 13.9. The van der Waals surface area contributed by atoms with Crippen molar-refractivity contribution in [3.63, 3.8) is 0 Å². The highest BCUT2D eigenvalue weighted by molar-refractivity contribution is 5.96. The maximum atomic E-state index is 13.3. The Kier molecular flexibility index (Phi) is 4.99. The van der Waals surface area contributed by atoms with E-state index in [4.69, 9.17) is 5.73 Å². The van der Waals surface area contributed by atoms with E-state index in [1.807, 2.05) is 4.90 Å². The van der Waals surface area contributed by atoms with E-state index in [0.717, 1.165) is 30.5 Å². The molecule has 2 N–H and O–H groups in total. The number of benzene rings is 1. The van der Waals surface area contributed by atoms with Crippen LogP contribution in [0.25, 0.3) is 0 Å². The molecule has 0 unspecified atom stereocenters. The second kappa shape index (κ2) is 6.56. The van der Waals surface area contributed by atoms with E-state index in [1.54, 1.807) is 12.1 Å². The number of carbonyl (C=O) groups is 1. The van der Waals surface area contributed by atoms with Crippen molar-refractivity contribution < 1.29 is 9.18 Å². The maximum absolute atomic E-state index is 13.3. The summed E-state index contributed by atoms with van der Waals surface area (Å²) in [5, 5.41) is 0. The van der Waals surface area contributed by atoms with Crippen molar-refractivity contribution in [1.29, 1.82) is 0 Å². The number of hydrogen-bond acceptors (Lipinski definition) is 2. The molecule has 0 aliphatic carbocycles. The fourth-order valence-electron chi connectivity index (χ4n) is 2.75. The summed E-state index contributed by atoms with van der Waals surface area (Å²) in [5.41, 5.74) is 7.71. The van der Waals surface area contributed by atoms with Gasteiger partial charge in [-0.25, -0.2) is 4.39 Å². The van der Waals surface area contributed by atoms with E-state index < -0.39 is 0 Å². The molecule has 0 bridgehead atoms. The van der Waals surface area contributed by atoms with Gasteiger partial charge in [0.15, 0.2) is 0 Å². The average molecular weight is 292 g/mol. The van der Waals surface area contributed by atoms with Gasteiger partial charge in [0.25, 0.3) is 0 Å². The number of nitrogens with two attached hydrogens (primary N) is 1. The molecule has 0 saturated heterocycles. The van der Waals surface area contributed by atoms with Crippen LogP contribution < -0.4 is 10.6 Å². The van der Waals surface area contributed by atoms with E-state index in [9.17, 15) is 9.18 Å². The monoisotopic (exact) mass is 292 g/mol. The second-order valence-electron chi connectivity index (χ2n) is 6.64. The van der Waals surface area contributed by atoms with Crippen LogP contribution in [0.5, 0.6) is 0 Å². The molecule has 1 aliphatic rings. The molecular weight excluding hydrogens is 267 g/mol. The molecule has 0 radical (unpaired) electrons. The minimum Gasteiger partial charge on any atom is -0.330 e. The minimum atomic E-state index is -0.229. The molecule has 1 amide bonds. The first-order valence-corrected chi connectivity index (χ1v) is 7.72. The third kappa shape index (κ3) is 4.03. The number of carbonyl (C=O) groups excluding carboxylic acids is 1. The molecule has 0 spiro atoms. The van der Waals surface area contributed by atoms with Crippen molar-refractivity contribution in [2.75, 3.05) is 18.0 Å². The molecule has 21 heavy (non-hydrogen) atoms. The zero-order valence-electron chi connectivity index (χ0n) is 13.0. The van der Waals surface area contributed by atoms with E-state index in [1.165, 1.54) is 6.07 Å². The largest absolute Gasteiger partial charge is 0.330 e. The van der Waals surface area contributed by atoms with Crippen molar-refractivity contribution in [3.05, 3.63) is 29.6 Å². The molecule has 1 heterocycles. The van der Waals surface area contributed by atoms with Gasteiger partial charge in [-0.1, -0.05) is 20.3 Å². The lowest BCUT2D eigenvalue weighted by Crippen LogP contribution is -2.36. The van der Waals surface area contributed by atoms with Gasteiger partial charge in [0.05, 0.1) is 0 Å². The fourth-order valence-corrected chi connectivity index (χ4v) is 2.75. The molecule has 3 nitrogen and oxygen atoms in total. The summed E-state index contributed by atoms with van der Waals surface area (Å²) in [6.07, 6.45) is 4.17. The lowest BCUT2D eigenvalue weighted by molar-refractivity contribution is -0.118. The van der Waals surface area contributed by atoms with Crippen LogP contribution in [0.3, 0.4) is 0 Å². The van der Waals surface area contributed by atoms with Crippen LogP contribution >= 0.6 is 0 Å². The first-order valence-electron chi connectivity index (χ1n) is 7.72. The zero-order chi connectivity index (χ0) is 15.5. The van der Waals surface area contributed by atoms with Gasteiger partial charge < -0.3 is 10.6 Å². The lowest BCUT2D eigenvalue weighted by atomic mass is 9.87. The highest BCUT2D eigenvalue weighted by Gasteiger charge is 2.24. The SMILES string of the molecule is CC(C)(CN)CCCCN1C(=O)CCc2cc(F)ccc21. The van der Waals surface area contributed by atoms with E-state index in [-0.39, 0.29) is 17.1 Å². The van der Waals surface area contributed by atoms with Crippen molar-refractivity contribution in [2.45, 2.75) is 46.0 Å². The second-order valence-corrected chi connectivity index (χ2v) is 6.64. The van der Waals surface area contributed by atoms with Crippen molar-refractivity contribution in [3.8, 4) is 0 Å². The summed E-state index contributed by atoms with van der Waals surface area (Å²) in [6.45, 7) is 5.71. The average Bonchev–Trinajstić information content (AvgIpc) is 2.45. The van der Waals surface area contributed by atoms with Crippen LogP contribution in [-0.2, 0) is 11.2 Å². The first-order chi connectivity index (χ1) is 9.93. The molecule has 0 atom stereocenters. The molecule has 0 fully saturated rings. The molecule has 0 saturated carbocycles. The van der Waals surface area contributed by atoms with Gasteiger partial charge in [0.1, 0.15) is 5.82 Å². The fraction of sp³-hybridized carbons (Fsp3) is 0.588. The number of rotatable bonds is 6. The van der Waals surface area contributed by atoms with Gasteiger partial charge in [0, 0.05) is 18.7 Å². The Morgan fingerprint density at radius 2 is 2.05 bits per heavy atom. The molecule has 1 aromatic carbocycles. The highest BCUT2D eigenvalue weighted by Crippen LogP contribution is 2.29.